The number of halogens is 5. The van der Waals surface area contributed by atoms with E-state index < -0.39 is 17.7 Å². The van der Waals surface area contributed by atoms with Gasteiger partial charge in [-0.25, -0.2) is 4.39 Å². The van der Waals surface area contributed by atoms with Crippen molar-refractivity contribution in [3.8, 4) is 17.2 Å². The van der Waals surface area contributed by atoms with Crippen LogP contribution in [0.1, 0.15) is 17.0 Å². The van der Waals surface area contributed by atoms with E-state index in [0.717, 1.165) is 12.1 Å². The summed E-state index contributed by atoms with van der Waals surface area (Å²) >= 11 is 3.06. The second-order valence-corrected chi connectivity index (χ2v) is 4.42. The smallest absolute Gasteiger partial charge is 0.280 e. The molecule has 0 bridgehead atoms. The average Bonchev–Trinajstić information content (AvgIpc) is 2.83. The summed E-state index contributed by atoms with van der Waals surface area (Å²) in [5.41, 5.74) is -1.32. The zero-order valence-electron chi connectivity index (χ0n) is 9.72. The number of H-pyrrole nitrogens is 1. The predicted octanol–water partition coefficient (Wildman–Crippen LogP) is 4.00. The molecule has 3 nitrogen and oxygen atoms in total. The molecule has 0 aliphatic rings. The third kappa shape index (κ3) is 2.54. The van der Waals surface area contributed by atoms with Crippen LogP contribution in [-0.2, 0) is 11.5 Å². The minimum atomic E-state index is -4.65. The van der Waals surface area contributed by atoms with Gasteiger partial charge in [-0.3, -0.25) is 5.10 Å². The van der Waals surface area contributed by atoms with Gasteiger partial charge < -0.3 is 0 Å². The van der Waals surface area contributed by atoms with E-state index in [0.29, 0.717) is 0 Å². The molecule has 0 aliphatic heterocycles. The fourth-order valence-electron chi connectivity index (χ4n) is 1.76. The highest BCUT2D eigenvalue weighted by atomic mass is 79.9. The highest BCUT2D eigenvalue weighted by molar-refractivity contribution is 9.08. The van der Waals surface area contributed by atoms with Crippen molar-refractivity contribution >= 4 is 15.9 Å². The number of benzene rings is 1. The number of nitrogens with one attached hydrogen (secondary N) is 1. The summed E-state index contributed by atoms with van der Waals surface area (Å²) in [5.74, 6) is -0.784. The molecule has 2 rings (SSSR count). The molecular formula is C12H6BrF4N3. The number of hydrogen-bond acceptors (Lipinski definition) is 2. The third-order valence-electron chi connectivity index (χ3n) is 2.62. The van der Waals surface area contributed by atoms with Gasteiger partial charge in [-0.15, -0.1) is 0 Å². The van der Waals surface area contributed by atoms with Crippen LogP contribution in [0.4, 0.5) is 17.6 Å². The van der Waals surface area contributed by atoms with Crippen molar-refractivity contribution in [2.75, 3.05) is 0 Å². The second-order valence-electron chi connectivity index (χ2n) is 3.86. The number of hydrogen-bond donors (Lipinski definition) is 1. The van der Waals surface area contributed by atoms with Gasteiger partial charge in [0.2, 0.25) is 0 Å². The van der Waals surface area contributed by atoms with E-state index in [1.807, 2.05) is 0 Å². The molecule has 1 aromatic heterocycles. The van der Waals surface area contributed by atoms with Crippen LogP contribution in [-0.4, -0.2) is 10.2 Å². The molecule has 1 N–H and O–H groups in total. The first-order chi connectivity index (χ1) is 9.38. The maximum Gasteiger partial charge on any atom is 0.435 e. The first kappa shape index (κ1) is 14.5. The van der Waals surface area contributed by atoms with Crippen molar-refractivity contribution in [1.82, 2.24) is 10.2 Å². The van der Waals surface area contributed by atoms with Gasteiger partial charge in [0.15, 0.2) is 5.69 Å². The summed E-state index contributed by atoms with van der Waals surface area (Å²) in [6, 6.07) is 4.81. The largest absolute Gasteiger partial charge is 0.435 e. The Hall–Kier alpha value is -1.88. The lowest BCUT2D eigenvalue weighted by Gasteiger charge is -2.08. The quantitative estimate of drug-likeness (QED) is 0.659. The van der Waals surface area contributed by atoms with Crippen LogP contribution in [0.3, 0.4) is 0 Å². The molecule has 0 radical (unpaired) electrons. The van der Waals surface area contributed by atoms with Gasteiger partial charge in [0.05, 0.1) is 11.3 Å². The molecule has 0 aliphatic carbocycles. The summed E-state index contributed by atoms with van der Waals surface area (Å²) in [4.78, 5) is 0. The fourth-order valence-corrected chi connectivity index (χ4v) is 2.16. The molecule has 0 spiro atoms. The monoisotopic (exact) mass is 347 g/mol. The lowest BCUT2D eigenvalue weighted by atomic mass is 10.0. The molecule has 0 saturated carbocycles. The fraction of sp³-hybridized carbons (Fsp3) is 0.167. The Bertz CT molecular complexity index is 685. The molecule has 0 atom stereocenters. The number of aromatic amines is 1. The number of alkyl halides is 4. The van der Waals surface area contributed by atoms with E-state index in [9.17, 15) is 17.6 Å². The van der Waals surface area contributed by atoms with Crippen molar-refractivity contribution in [2.24, 2.45) is 0 Å². The Labute approximate surface area is 119 Å². The molecular weight excluding hydrogens is 342 g/mol. The Morgan fingerprint density at radius 1 is 1.35 bits per heavy atom. The number of aromatic nitrogens is 2. The van der Waals surface area contributed by atoms with Crippen LogP contribution in [0.2, 0.25) is 0 Å². The SMILES string of the molecule is N#Cc1cc(-c2c(C(F)(F)F)n[nH]c2CBr)ccc1F. The molecule has 0 fully saturated rings. The van der Waals surface area contributed by atoms with Crippen molar-refractivity contribution in [2.45, 2.75) is 11.5 Å². The summed E-state index contributed by atoms with van der Waals surface area (Å²) in [7, 11) is 0. The van der Waals surface area contributed by atoms with Crippen molar-refractivity contribution in [3.05, 3.63) is 41.0 Å². The van der Waals surface area contributed by atoms with Gasteiger partial charge >= 0.3 is 6.18 Å². The van der Waals surface area contributed by atoms with Gasteiger partial charge in [0.1, 0.15) is 11.9 Å². The topological polar surface area (TPSA) is 52.5 Å². The molecule has 2 aromatic rings. The maximum absolute atomic E-state index is 13.3. The Morgan fingerprint density at radius 2 is 2.05 bits per heavy atom. The van der Waals surface area contributed by atoms with E-state index in [1.54, 1.807) is 6.07 Å². The van der Waals surface area contributed by atoms with E-state index in [-0.39, 0.29) is 27.7 Å². The van der Waals surface area contributed by atoms with Crippen LogP contribution < -0.4 is 0 Å². The predicted molar refractivity (Wildman–Crippen MR) is 66.3 cm³/mol. The highest BCUT2D eigenvalue weighted by Gasteiger charge is 2.38. The van der Waals surface area contributed by atoms with Crippen LogP contribution in [0.15, 0.2) is 18.2 Å². The standard InChI is InChI=1S/C12H6BrF4N3/c13-4-9-10(11(20-19-9)12(15,16)17)6-1-2-8(14)7(3-6)5-18/h1-3H,4H2,(H,19,20). The van der Waals surface area contributed by atoms with E-state index in [2.05, 4.69) is 26.1 Å². The second kappa shape index (κ2) is 5.25. The van der Waals surface area contributed by atoms with Crippen LogP contribution in [0.5, 0.6) is 0 Å². The van der Waals surface area contributed by atoms with E-state index in [4.69, 9.17) is 5.26 Å². The number of nitrogens with zero attached hydrogens (tertiary/aromatic N) is 2. The van der Waals surface area contributed by atoms with Crippen LogP contribution in [0, 0.1) is 17.1 Å². The highest BCUT2D eigenvalue weighted by Crippen LogP contribution is 2.38. The Morgan fingerprint density at radius 3 is 2.60 bits per heavy atom. The minimum Gasteiger partial charge on any atom is -0.280 e. The molecule has 0 amide bonds. The first-order valence-electron chi connectivity index (χ1n) is 5.29. The average molecular weight is 348 g/mol. The van der Waals surface area contributed by atoms with Gasteiger partial charge in [-0.2, -0.15) is 23.5 Å². The zero-order chi connectivity index (χ0) is 14.9. The van der Waals surface area contributed by atoms with E-state index >= 15 is 0 Å². The summed E-state index contributed by atoms with van der Waals surface area (Å²) in [6.45, 7) is 0. The van der Waals surface area contributed by atoms with Gasteiger partial charge in [-0.1, -0.05) is 22.0 Å². The molecule has 104 valence electrons. The van der Waals surface area contributed by atoms with Crippen LogP contribution in [0.25, 0.3) is 11.1 Å². The summed E-state index contributed by atoms with van der Waals surface area (Å²) < 4.78 is 52.0. The Kier molecular flexibility index (Phi) is 3.81. The van der Waals surface area contributed by atoms with Crippen molar-refractivity contribution in [1.29, 1.82) is 5.26 Å². The van der Waals surface area contributed by atoms with Gasteiger partial charge in [0, 0.05) is 10.9 Å². The molecule has 1 heterocycles. The number of rotatable bonds is 2. The lowest BCUT2D eigenvalue weighted by molar-refractivity contribution is -0.140. The Balaban J connectivity index is 2.69. The molecule has 8 heteroatoms. The first-order valence-corrected chi connectivity index (χ1v) is 6.41. The third-order valence-corrected chi connectivity index (χ3v) is 3.18. The normalized spacial score (nSPS) is 11.4. The number of nitriles is 1. The maximum atomic E-state index is 13.3. The van der Waals surface area contributed by atoms with Gasteiger partial charge in [0.25, 0.3) is 0 Å². The minimum absolute atomic E-state index is 0.0819. The summed E-state index contributed by atoms with van der Waals surface area (Å²) in [6.07, 6.45) is -4.65. The zero-order valence-corrected chi connectivity index (χ0v) is 11.3. The molecule has 1 aromatic carbocycles. The summed E-state index contributed by atoms with van der Waals surface area (Å²) in [5, 5.41) is 14.4. The van der Waals surface area contributed by atoms with Crippen LogP contribution >= 0.6 is 15.9 Å². The van der Waals surface area contributed by atoms with Crippen molar-refractivity contribution < 1.29 is 17.6 Å². The molecule has 20 heavy (non-hydrogen) atoms. The molecule has 0 saturated heterocycles. The van der Waals surface area contributed by atoms with Crippen molar-refractivity contribution in [3.63, 3.8) is 0 Å². The van der Waals surface area contributed by atoms with E-state index in [1.165, 1.54) is 6.07 Å². The van der Waals surface area contributed by atoms with Gasteiger partial charge in [-0.05, 0) is 17.7 Å². The molecule has 0 unspecified atom stereocenters. The lowest BCUT2D eigenvalue weighted by Crippen LogP contribution is -2.07.